The van der Waals surface area contributed by atoms with Crippen LogP contribution in [0.1, 0.15) is 5.56 Å². The van der Waals surface area contributed by atoms with Crippen LogP contribution in [0.4, 0.5) is 14.5 Å². The molecular weight excluding hydrogens is 324 g/mol. The molecule has 0 radical (unpaired) electrons. The van der Waals surface area contributed by atoms with Gasteiger partial charge in [0.05, 0.1) is 18.1 Å². The minimum Gasteiger partial charge on any atom is -0.482 e. The molecule has 0 saturated carbocycles. The number of nitro benzene ring substituents is 1. The van der Waals surface area contributed by atoms with E-state index in [0.29, 0.717) is 6.07 Å². The predicted molar refractivity (Wildman–Crippen MR) is 80.6 cm³/mol. The number of aliphatic hydroxyl groups excluding tert-OH is 1. The topological polar surface area (TPSA) is 81.8 Å². The summed E-state index contributed by atoms with van der Waals surface area (Å²) in [4.78, 5) is 9.92. The number of halogens is 2. The van der Waals surface area contributed by atoms with Gasteiger partial charge in [0.2, 0.25) is 11.6 Å². The van der Waals surface area contributed by atoms with Gasteiger partial charge < -0.3 is 14.6 Å². The molecule has 2 rings (SSSR count). The van der Waals surface area contributed by atoms with Crippen molar-refractivity contribution in [3.05, 3.63) is 69.8 Å². The van der Waals surface area contributed by atoms with Gasteiger partial charge in [-0.25, -0.2) is 4.39 Å². The van der Waals surface area contributed by atoms with E-state index in [1.165, 1.54) is 0 Å². The van der Waals surface area contributed by atoms with Crippen LogP contribution in [0.3, 0.4) is 0 Å². The number of nitrogens with zero attached hydrogens (tertiary/aromatic N) is 1. The minimum absolute atomic E-state index is 0.125. The zero-order valence-electron chi connectivity index (χ0n) is 12.5. The summed E-state index contributed by atoms with van der Waals surface area (Å²) in [6, 6.07) is 10.6. The first-order valence-electron chi connectivity index (χ1n) is 7.04. The van der Waals surface area contributed by atoms with Crippen molar-refractivity contribution >= 4 is 5.69 Å². The molecule has 128 valence electrons. The maximum atomic E-state index is 13.6. The molecule has 0 heterocycles. The second-order valence-corrected chi connectivity index (χ2v) is 4.93. The van der Waals surface area contributed by atoms with Crippen LogP contribution in [-0.4, -0.2) is 29.3 Å². The first-order chi connectivity index (χ1) is 11.5. The van der Waals surface area contributed by atoms with Gasteiger partial charge in [0.25, 0.3) is 0 Å². The first-order valence-corrected chi connectivity index (χ1v) is 7.04. The Kier molecular flexibility index (Phi) is 6.16. The monoisotopic (exact) mass is 339 g/mol. The van der Waals surface area contributed by atoms with Crippen molar-refractivity contribution in [1.82, 2.24) is 0 Å². The number of nitro groups is 1. The van der Waals surface area contributed by atoms with Crippen molar-refractivity contribution in [2.75, 3.05) is 13.2 Å². The summed E-state index contributed by atoms with van der Waals surface area (Å²) in [6.45, 7) is -0.345. The van der Waals surface area contributed by atoms with Gasteiger partial charge in [0.1, 0.15) is 12.7 Å². The van der Waals surface area contributed by atoms with E-state index < -0.39 is 40.7 Å². The zero-order valence-corrected chi connectivity index (χ0v) is 12.5. The lowest BCUT2D eigenvalue weighted by atomic mass is 10.2. The van der Waals surface area contributed by atoms with Gasteiger partial charge in [0, 0.05) is 6.07 Å². The van der Waals surface area contributed by atoms with Crippen LogP contribution < -0.4 is 4.74 Å². The van der Waals surface area contributed by atoms with Crippen molar-refractivity contribution in [1.29, 1.82) is 0 Å². The molecule has 0 amide bonds. The van der Waals surface area contributed by atoms with Crippen molar-refractivity contribution in [2.24, 2.45) is 0 Å². The standard InChI is InChI=1S/C16H15F2NO5/c17-13-6-7-14(19(21)22)16(15(13)18)24-10-12(20)9-23-8-11-4-2-1-3-5-11/h1-7,12,20H,8-10H2. The van der Waals surface area contributed by atoms with E-state index in [9.17, 15) is 24.0 Å². The summed E-state index contributed by atoms with van der Waals surface area (Å²) in [6.07, 6.45) is -1.16. The molecule has 24 heavy (non-hydrogen) atoms. The quantitative estimate of drug-likeness (QED) is 0.591. The second kappa shape index (κ2) is 8.32. The average Bonchev–Trinajstić information content (AvgIpc) is 2.56. The Morgan fingerprint density at radius 1 is 1.12 bits per heavy atom. The Balaban J connectivity index is 1.88. The number of ether oxygens (including phenoxy) is 2. The van der Waals surface area contributed by atoms with Crippen LogP contribution in [0.2, 0.25) is 0 Å². The molecule has 1 N–H and O–H groups in total. The Morgan fingerprint density at radius 3 is 2.50 bits per heavy atom. The van der Waals surface area contributed by atoms with Crippen LogP contribution in [0, 0.1) is 21.7 Å². The zero-order chi connectivity index (χ0) is 17.5. The van der Waals surface area contributed by atoms with Crippen molar-refractivity contribution in [3.63, 3.8) is 0 Å². The molecule has 0 aromatic heterocycles. The van der Waals surface area contributed by atoms with Gasteiger partial charge in [-0.05, 0) is 11.6 Å². The fraction of sp³-hybridized carbons (Fsp3) is 0.250. The fourth-order valence-electron chi connectivity index (χ4n) is 1.92. The van der Waals surface area contributed by atoms with Gasteiger partial charge in [-0.1, -0.05) is 30.3 Å². The molecule has 0 spiro atoms. The Labute approximate surface area is 136 Å². The van der Waals surface area contributed by atoms with Crippen LogP contribution in [0.5, 0.6) is 5.75 Å². The Bertz CT molecular complexity index is 696. The van der Waals surface area contributed by atoms with E-state index in [4.69, 9.17) is 9.47 Å². The molecule has 1 atom stereocenters. The van der Waals surface area contributed by atoms with Gasteiger partial charge in [-0.15, -0.1) is 0 Å². The number of hydrogen-bond donors (Lipinski definition) is 1. The molecule has 2 aromatic carbocycles. The highest BCUT2D eigenvalue weighted by molar-refractivity contribution is 5.47. The molecule has 6 nitrogen and oxygen atoms in total. The Morgan fingerprint density at radius 2 is 1.83 bits per heavy atom. The highest BCUT2D eigenvalue weighted by Crippen LogP contribution is 2.31. The minimum atomic E-state index is -1.47. The second-order valence-electron chi connectivity index (χ2n) is 4.93. The van der Waals surface area contributed by atoms with Crippen LogP contribution >= 0.6 is 0 Å². The van der Waals surface area contributed by atoms with E-state index >= 15 is 0 Å². The van der Waals surface area contributed by atoms with Crippen molar-refractivity contribution < 1.29 is 28.3 Å². The van der Waals surface area contributed by atoms with E-state index in [1.807, 2.05) is 30.3 Å². The molecule has 0 aliphatic heterocycles. The smallest absolute Gasteiger partial charge is 0.314 e. The van der Waals surface area contributed by atoms with Gasteiger partial charge in [-0.2, -0.15) is 4.39 Å². The first kappa shape index (κ1) is 17.8. The molecular formula is C16H15F2NO5. The fourth-order valence-corrected chi connectivity index (χ4v) is 1.92. The number of rotatable bonds is 8. The van der Waals surface area contributed by atoms with E-state index in [0.717, 1.165) is 11.6 Å². The molecule has 0 bridgehead atoms. The van der Waals surface area contributed by atoms with Gasteiger partial charge >= 0.3 is 5.69 Å². The van der Waals surface area contributed by atoms with E-state index in [1.54, 1.807) is 0 Å². The maximum absolute atomic E-state index is 13.6. The van der Waals surface area contributed by atoms with Crippen LogP contribution in [-0.2, 0) is 11.3 Å². The summed E-state index contributed by atoms with van der Waals surface area (Å²) in [5.74, 6) is -3.59. The van der Waals surface area contributed by atoms with Crippen molar-refractivity contribution in [3.8, 4) is 5.75 Å². The molecule has 1 unspecified atom stereocenters. The molecule has 0 fully saturated rings. The normalized spacial score (nSPS) is 12.0. The maximum Gasteiger partial charge on any atom is 0.314 e. The SMILES string of the molecule is O=[N+]([O-])c1ccc(F)c(F)c1OCC(O)COCc1ccccc1. The molecule has 0 saturated heterocycles. The average molecular weight is 339 g/mol. The third-order valence-corrected chi connectivity index (χ3v) is 3.07. The van der Waals surface area contributed by atoms with Crippen LogP contribution in [0.15, 0.2) is 42.5 Å². The third-order valence-electron chi connectivity index (χ3n) is 3.07. The largest absolute Gasteiger partial charge is 0.482 e. The van der Waals surface area contributed by atoms with Gasteiger partial charge in [0.15, 0.2) is 5.82 Å². The molecule has 2 aromatic rings. The van der Waals surface area contributed by atoms with Crippen LogP contribution in [0.25, 0.3) is 0 Å². The summed E-state index contributed by atoms with van der Waals surface area (Å²) in [5, 5.41) is 20.6. The summed E-state index contributed by atoms with van der Waals surface area (Å²) >= 11 is 0. The summed E-state index contributed by atoms with van der Waals surface area (Å²) in [7, 11) is 0. The lowest BCUT2D eigenvalue weighted by molar-refractivity contribution is -0.386. The number of benzene rings is 2. The molecule has 8 heteroatoms. The number of hydrogen-bond acceptors (Lipinski definition) is 5. The Hall–Kier alpha value is -2.58. The lowest BCUT2D eigenvalue weighted by Crippen LogP contribution is -2.24. The molecule has 0 aliphatic carbocycles. The lowest BCUT2D eigenvalue weighted by Gasteiger charge is -2.13. The number of aliphatic hydroxyl groups is 1. The summed E-state index contributed by atoms with van der Waals surface area (Å²) in [5.41, 5.74) is 0.184. The highest BCUT2D eigenvalue weighted by Gasteiger charge is 2.24. The van der Waals surface area contributed by atoms with Gasteiger partial charge in [-0.3, -0.25) is 10.1 Å². The molecule has 0 aliphatic rings. The predicted octanol–water partition coefficient (Wildman–Crippen LogP) is 2.83. The van der Waals surface area contributed by atoms with E-state index in [2.05, 4.69) is 0 Å². The summed E-state index contributed by atoms with van der Waals surface area (Å²) < 4.78 is 37.0. The third kappa shape index (κ3) is 4.71. The van der Waals surface area contributed by atoms with E-state index in [-0.39, 0.29) is 13.2 Å². The van der Waals surface area contributed by atoms with Crippen molar-refractivity contribution in [2.45, 2.75) is 12.7 Å². The highest BCUT2D eigenvalue weighted by atomic mass is 19.2.